The number of halogens is 1. The number of thiocarbonyl (C=S) groups is 1. The van der Waals surface area contributed by atoms with Crippen molar-refractivity contribution in [2.45, 2.75) is 13.3 Å². The van der Waals surface area contributed by atoms with Crippen molar-refractivity contribution >= 4 is 50.8 Å². The van der Waals surface area contributed by atoms with Crippen LogP contribution in [-0.2, 0) is 4.79 Å². The van der Waals surface area contributed by atoms with Gasteiger partial charge in [-0.25, -0.2) is 0 Å². The van der Waals surface area contributed by atoms with Crippen LogP contribution in [0.25, 0.3) is 0 Å². The maximum atomic E-state index is 12.5. The van der Waals surface area contributed by atoms with Crippen LogP contribution < -0.4 is 25.6 Å². The van der Waals surface area contributed by atoms with Crippen LogP contribution >= 0.6 is 28.1 Å². The number of nitro groups is 1. The highest BCUT2D eigenvalue weighted by Crippen LogP contribution is 2.23. The van der Waals surface area contributed by atoms with Crippen molar-refractivity contribution < 1.29 is 24.0 Å². The van der Waals surface area contributed by atoms with E-state index in [1.54, 1.807) is 18.2 Å². The van der Waals surface area contributed by atoms with Crippen molar-refractivity contribution in [1.29, 1.82) is 0 Å². The Labute approximate surface area is 191 Å². The fourth-order valence-corrected chi connectivity index (χ4v) is 2.70. The highest BCUT2D eigenvalue weighted by atomic mass is 79.9. The summed E-state index contributed by atoms with van der Waals surface area (Å²) in [5, 5.41) is 12.9. The van der Waals surface area contributed by atoms with Gasteiger partial charge < -0.3 is 9.47 Å². The van der Waals surface area contributed by atoms with Gasteiger partial charge in [-0.15, -0.1) is 0 Å². The lowest BCUT2D eigenvalue weighted by atomic mass is 10.2. The first kappa shape index (κ1) is 24.0. The predicted molar refractivity (Wildman–Crippen MR) is 120 cm³/mol. The van der Waals surface area contributed by atoms with Crippen molar-refractivity contribution in [3.05, 3.63) is 62.6 Å². The van der Waals surface area contributed by atoms with Crippen molar-refractivity contribution in [3.63, 3.8) is 0 Å². The number of hydrogen-bond donors (Lipinski definition) is 3. The molecule has 31 heavy (non-hydrogen) atoms. The Morgan fingerprint density at radius 2 is 1.84 bits per heavy atom. The van der Waals surface area contributed by atoms with Crippen LogP contribution in [0.5, 0.6) is 11.5 Å². The molecule has 0 saturated heterocycles. The van der Waals surface area contributed by atoms with Gasteiger partial charge in [-0.05, 0) is 49.0 Å². The molecule has 0 fully saturated rings. The van der Waals surface area contributed by atoms with Gasteiger partial charge in [0.15, 0.2) is 11.7 Å². The smallest absolute Gasteiger partial charge is 0.276 e. The quantitative estimate of drug-likeness (QED) is 0.280. The van der Waals surface area contributed by atoms with E-state index in [1.165, 1.54) is 24.3 Å². The zero-order chi connectivity index (χ0) is 22.8. The Hall–Kier alpha value is -3.25. The van der Waals surface area contributed by atoms with E-state index in [9.17, 15) is 19.7 Å². The summed E-state index contributed by atoms with van der Waals surface area (Å²) in [7, 11) is 0. The van der Waals surface area contributed by atoms with Crippen LogP contribution in [0.4, 0.5) is 5.69 Å². The Morgan fingerprint density at radius 3 is 2.48 bits per heavy atom. The van der Waals surface area contributed by atoms with Crippen LogP contribution in [0.2, 0.25) is 0 Å². The third-order valence-electron chi connectivity index (χ3n) is 3.61. The van der Waals surface area contributed by atoms with Gasteiger partial charge >= 0.3 is 0 Å². The van der Waals surface area contributed by atoms with E-state index in [4.69, 9.17) is 21.7 Å². The summed E-state index contributed by atoms with van der Waals surface area (Å²) in [4.78, 5) is 34.4. The number of hydrogen-bond acceptors (Lipinski definition) is 7. The predicted octanol–water partition coefficient (Wildman–Crippen LogP) is 2.86. The van der Waals surface area contributed by atoms with Gasteiger partial charge in [0.05, 0.1) is 17.1 Å². The largest absolute Gasteiger partial charge is 0.493 e. The molecule has 0 aromatic heterocycles. The summed E-state index contributed by atoms with van der Waals surface area (Å²) in [5.41, 5.74) is 4.87. The second-order valence-corrected chi connectivity index (χ2v) is 7.31. The Kier molecular flexibility index (Phi) is 9.15. The monoisotopic (exact) mass is 510 g/mol. The molecule has 12 heteroatoms. The number of rotatable bonds is 8. The number of amides is 2. The molecule has 0 aliphatic carbocycles. The van der Waals surface area contributed by atoms with Gasteiger partial charge in [-0.3, -0.25) is 35.9 Å². The van der Waals surface area contributed by atoms with Gasteiger partial charge in [0.1, 0.15) is 11.5 Å². The van der Waals surface area contributed by atoms with E-state index in [0.717, 1.165) is 6.42 Å². The minimum atomic E-state index is -0.579. The molecular weight excluding hydrogens is 492 g/mol. The van der Waals surface area contributed by atoms with Crippen LogP contribution in [0, 0.1) is 10.1 Å². The summed E-state index contributed by atoms with van der Waals surface area (Å²) in [5.74, 6) is -0.401. The summed E-state index contributed by atoms with van der Waals surface area (Å²) < 4.78 is 11.5. The molecule has 0 atom stereocenters. The second kappa shape index (κ2) is 11.8. The van der Waals surface area contributed by atoms with Gasteiger partial charge in [0, 0.05) is 16.6 Å². The molecule has 2 aromatic rings. The normalized spacial score (nSPS) is 10.0. The molecule has 0 aliphatic heterocycles. The summed E-state index contributed by atoms with van der Waals surface area (Å²) in [6, 6.07) is 10.3. The Balaban J connectivity index is 1.82. The Bertz CT molecular complexity index is 970. The van der Waals surface area contributed by atoms with E-state index < -0.39 is 16.7 Å². The van der Waals surface area contributed by atoms with Crippen molar-refractivity contribution in [2.75, 3.05) is 13.2 Å². The zero-order valence-corrected chi connectivity index (χ0v) is 18.7. The maximum absolute atomic E-state index is 12.5. The first-order valence-electron chi connectivity index (χ1n) is 9.00. The van der Waals surface area contributed by atoms with Gasteiger partial charge in [0.25, 0.3) is 17.5 Å². The topological polar surface area (TPSA) is 132 Å². The second-order valence-electron chi connectivity index (χ2n) is 5.99. The number of hydrazine groups is 1. The third kappa shape index (κ3) is 7.83. The van der Waals surface area contributed by atoms with E-state index in [-0.39, 0.29) is 28.7 Å². The van der Waals surface area contributed by atoms with Crippen LogP contribution in [0.1, 0.15) is 23.7 Å². The standard InChI is InChI=1S/C19H19BrN4O6S/c1-2-9-29-16-8-3-12(20)10-15(16)18(26)21-19(31)23-22-17(25)11-30-14-6-4-13(5-7-14)24(27)28/h3-8,10H,2,9,11H2,1H3,(H,22,25)(H2,21,23,26,31). The number of nitro benzene ring substituents is 1. The van der Waals surface area contributed by atoms with Gasteiger partial charge in [0.2, 0.25) is 0 Å². The molecule has 2 amide bonds. The highest BCUT2D eigenvalue weighted by molar-refractivity contribution is 9.10. The van der Waals surface area contributed by atoms with E-state index in [1.807, 2.05) is 6.92 Å². The average Bonchev–Trinajstić information content (AvgIpc) is 2.75. The summed E-state index contributed by atoms with van der Waals surface area (Å²) in [6.07, 6.45) is 0.783. The number of non-ortho nitro benzene ring substituents is 1. The molecule has 0 aliphatic rings. The number of nitrogens with one attached hydrogen (secondary N) is 3. The van der Waals surface area contributed by atoms with E-state index in [0.29, 0.717) is 16.8 Å². The highest BCUT2D eigenvalue weighted by Gasteiger charge is 2.15. The molecule has 0 unspecified atom stereocenters. The van der Waals surface area contributed by atoms with Crippen LogP contribution in [0.15, 0.2) is 46.9 Å². The SMILES string of the molecule is CCCOc1ccc(Br)cc1C(=O)NC(=S)NNC(=O)COc1ccc([N+](=O)[O-])cc1. The minimum Gasteiger partial charge on any atom is -0.493 e. The first-order chi connectivity index (χ1) is 14.8. The average molecular weight is 511 g/mol. The van der Waals surface area contributed by atoms with Crippen LogP contribution in [-0.4, -0.2) is 35.1 Å². The van der Waals surface area contributed by atoms with Crippen molar-refractivity contribution in [3.8, 4) is 11.5 Å². The number of nitrogens with zero attached hydrogens (tertiary/aromatic N) is 1. The van der Waals surface area contributed by atoms with E-state index in [2.05, 4.69) is 32.1 Å². The molecule has 0 saturated carbocycles. The molecule has 0 bridgehead atoms. The molecule has 10 nitrogen and oxygen atoms in total. The van der Waals surface area contributed by atoms with Gasteiger partial charge in [-0.2, -0.15) is 0 Å². The molecule has 2 aromatic carbocycles. The molecule has 0 spiro atoms. The lowest BCUT2D eigenvalue weighted by Gasteiger charge is -2.14. The fourth-order valence-electron chi connectivity index (χ4n) is 2.19. The van der Waals surface area contributed by atoms with Crippen molar-refractivity contribution in [1.82, 2.24) is 16.2 Å². The fraction of sp³-hybridized carbons (Fsp3) is 0.211. The molecule has 164 valence electrons. The number of benzene rings is 2. The molecule has 0 heterocycles. The molecule has 3 N–H and O–H groups in total. The zero-order valence-electron chi connectivity index (χ0n) is 16.3. The molecule has 2 rings (SSSR count). The van der Waals surface area contributed by atoms with E-state index >= 15 is 0 Å². The summed E-state index contributed by atoms with van der Waals surface area (Å²) in [6.45, 7) is 2.03. The number of carbonyl (C=O) groups excluding carboxylic acids is 2. The first-order valence-corrected chi connectivity index (χ1v) is 10.2. The lowest BCUT2D eigenvalue weighted by Crippen LogP contribution is -2.49. The van der Waals surface area contributed by atoms with Crippen LogP contribution in [0.3, 0.4) is 0 Å². The summed E-state index contributed by atoms with van der Waals surface area (Å²) >= 11 is 8.32. The maximum Gasteiger partial charge on any atom is 0.276 e. The number of ether oxygens (including phenoxy) is 2. The molecular formula is C19H19BrN4O6S. The minimum absolute atomic E-state index is 0.0896. The third-order valence-corrected chi connectivity index (χ3v) is 4.31. The van der Waals surface area contributed by atoms with Gasteiger partial charge in [-0.1, -0.05) is 22.9 Å². The number of carbonyl (C=O) groups is 2. The molecule has 0 radical (unpaired) electrons. The Morgan fingerprint density at radius 1 is 1.13 bits per heavy atom. The lowest BCUT2D eigenvalue weighted by molar-refractivity contribution is -0.384. The van der Waals surface area contributed by atoms with Crippen molar-refractivity contribution in [2.24, 2.45) is 0 Å².